The molecule has 0 saturated carbocycles. The average Bonchev–Trinajstić information content (AvgIpc) is 2.29. The first kappa shape index (κ1) is 11.4. The van der Waals surface area contributed by atoms with E-state index in [4.69, 9.17) is 17.3 Å². The number of hydrogen-bond acceptors (Lipinski definition) is 3. The van der Waals surface area contributed by atoms with Gasteiger partial charge in [-0.1, -0.05) is 11.6 Å². The second-order valence-corrected chi connectivity index (χ2v) is 3.87. The highest BCUT2D eigenvalue weighted by atomic mass is 35.5. The Kier molecular flexibility index (Phi) is 3.25. The molecule has 1 aromatic carbocycles. The predicted molar refractivity (Wildman–Crippen MR) is 68.1 cm³/mol. The normalized spacial score (nSPS) is 9.94. The summed E-state index contributed by atoms with van der Waals surface area (Å²) in [6, 6.07) is 9.90. The molecule has 1 aromatic heterocycles. The molecule has 0 unspecified atom stereocenters. The Balaban J connectivity index is 2.14. The van der Waals surface area contributed by atoms with Gasteiger partial charge in [0.1, 0.15) is 5.82 Å². The van der Waals surface area contributed by atoms with Crippen LogP contribution in [0.2, 0.25) is 5.02 Å². The fourth-order valence-corrected chi connectivity index (χ4v) is 1.46. The van der Waals surface area contributed by atoms with Crippen LogP contribution in [0.3, 0.4) is 0 Å². The molecule has 1 heterocycles. The molecule has 2 rings (SSSR count). The van der Waals surface area contributed by atoms with Crippen LogP contribution in [0.1, 0.15) is 10.4 Å². The van der Waals surface area contributed by atoms with Crippen LogP contribution in [0, 0.1) is 0 Å². The lowest BCUT2D eigenvalue weighted by Gasteiger charge is -2.05. The summed E-state index contributed by atoms with van der Waals surface area (Å²) in [4.78, 5) is 15.7. The number of nitrogens with two attached hydrogens (primary N) is 1. The van der Waals surface area contributed by atoms with E-state index in [1.807, 2.05) is 0 Å². The van der Waals surface area contributed by atoms with Crippen molar-refractivity contribution in [2.45, 2.75) is 0 Å². The number of pyridine rings is 1. The number of aromatic nitrogens is 1. The smallest absolute Gasteiger partial charge is 0.255 e. The van der Waals surface area contributed by atoms with Crippen molar-refractivity contribution in [2.24, 2.45) is 0 Å². The summed E-state index contributed by atoms with van der Waals surface area (Å²) < 4.78 is 0. The number of nitrogen functional groups attached to an aromatic ring is 1. The maximum Gasteiger partial charge on any atom is 0.255 e. The van der Waals surface area contributed by atoms with E-state index in [-0.39, 0.29) is 5.91 Å². The van der Waals surface area contributed by atoms with Crippen molar-refractivity contribution in [3.63, 3.8) is 0 Å². The van der Waals surface area contributed by atoms with Gasteiger partial charge in [0, 0.05) is 28.5 Å². The molecule has 0 atom stereocenters. The SMILES string of the molecule is Nc1cc(NC(=O)c2ccc(Cl)cc2)ccn1. The minimum absolute atomic E-state index is 0.215. The molecule has 0 fully saturated rings. The van der Waals surface area contributed by atoms with E-state index >= 15 is 0 Å². The van der Waals surface area contributed by atoms with E-state index in [0.29, 0.717) is 22.1 Å². The fourth-order valence-electron chi connectivity index (χ4n) is 1.33. The maximum atomic E-state index is 11.8. The van der Waals surface area contributed by atoms with E-state index in [0.717, 1.165) is 0 Å². The molecule has 1 amide bonds. The number of hydrogen-bond donors (Lipinski definition) is 2. The quantitative estimate of drug-likeness (QED) is 0.857. The van der Waals surface area contributed by atoms with Crippen molar-refractivity contribution in [2.75, 3.05) is 11.1 Å². The molecule has 17 heavy (non-hydrogen) atoms. The number of carbonyl (C=O) groups is 1. The molecular weight excluding hydrogens is 238 g/mol. The zero-order chi connectivity index (χ0) is 12.3. The molecule has 3 N–H and O–H groups in total. The second-order valence-electron chi connectivity index (χ2n) is 3.43. The summed E-state index contributed by atoms with van der Waals surface area (Å²) in [5, 5.41) is 3.31. The summed E-state index contributed by atoms with van der Waals surface area (Å²) >= 11 is 5.74. The molecule has 4 nitrogen and oxygen atoms in total. The lowest BCUT2D eigenvalue weighted by atomic mass is 10.2. The number of nitrogens with one attached hydrogen (secondary N) is 1. The van der Waals surface area contributed by atoms with E-state index in [1.54, 1.807) is 36.4 Å². The van der Waals surface area contributed by atoms with E-state index < -0.39 is 0 Å². The van der Waals surface area contributed by atoms with Gasteiger partial charge in [0.05, 0.1) is 0 Å². The van der Waals surface area contributed by atoms with Gasteiger partial charge in [-0.3, -0.25) is 4.79 Å². The van der Waals surface area contributed by atoms with Gasteiger partial charge in [0.15, 0.2) is 0 Å². The average molecular weight is 248 g/mol. The summed E-state index contributed by atoms with van der Waals surface area (Å²) in [7, 11) is 0. The van der Waals surface area contributed by atoms with Crippen LogP contribution in [0.5, 0.6) is 0 Å². The number of amides is 1. The summed E-state index contributed by atoms with van der Waals surface area (Å²) in [5.74, 6) is 0.145. The van der Waals surface area contributed by atoms with Gasteiger partial charge in [-0.15, -0.1) is 0 Å². The molecule has 5 heteroatoms. The molecule has 0 spiro atoms. The molecule has 86 valence electrons. The molecule has 0 saturated heterocycles. The zero-order valence-electron chi connectivity index (χ0n) is 8.85. The molecule has 0 bridgehead atoms. The van der Waals surface area contributed by atoms with Crippen LogP contribution < -0.4 is 11.1 Å². The van der Waals surface area contributed by atoms with Gasteiger partial charge in [0.25, 0.3) is 5.91 Å². The first-order valence-electron chi connectivity index (χ1n) is 4.93. The Morgan fingerprint density at radius 1 is 1.24 bits per heavy atom. The van der Waals surface area contributed by atoms with Crippen LogP contribution in [0.25, 0.3) is 0 Å². The van der Waals surface area contributed by atoms with Crippen molar-refractivity contribution in [3.8, 4) is 0 Å². The molecule has 0 radical (unpaired) electrons. The molecular formula is C12H10ClN3O. The number of nitrogens with zero attached hydrogens (tertiary/aromatic N) is 1. The Morgan fingerprint density at radius 3 is 2.59 bits per heavy atom. The van der Waals surface area contributed by atoms with Crippen LogP contribution in [0.15, 0.2) is 42.6 Å². The Labute approximate surface area is 103 Å². The van der Waals surface area contributed by atoms with Crippen molar-refractivity contribution in [3.05, 3.63) is 53.2 Å². The standard InChI is InChI=1S/C12H10ClN3O/c13-9-3-1-8(2-4-9)12(17)16-10-5-6-15-11(14)7-10/h1-7H,(H3,14,15,16,17). The maximum absolute atomic E-state index is 11.8. The van der Waals surface area contributed by atoms with Gasteiger partial charge in [-0.05, 0) is 30.3 Å². The van der Waals surface area contributed by atoms with E-state index in [2.05, 4.69) is 10.3 Å². The number of rotatable bonds is 2. The Morgan fingerprint density at radius 2 is 1.94 bits per heavy atom. The minimum Gasteiger partial charge on any atom is -0.384 e. The van der Waals surface area contributed by atoms with Crippen LogP contribution >= 0.6 is 11.6 Å². The van der Waals surface area contributed by atoms with Crippen molar-refractivity contribution in [1.82, 2.24) is 4.98 Å². The van der Waals surface area contributed by atoms with Crippen molar-refractivity contribution >= 4 is 29.0 Å². The van der Waals surface area contributed by atoms with E-state index in [1.165, 1.54) is 6.20 Å². The summed E-state index contributed by atoms with van der Waals surface area (Å²) in [5.41, 5.74) is 6.65. The number of halogens is 1. The first-order chi connectivity index (χ1) is 8.15. The molecule has 0 aliphatic rings. The number of carbonyl (C=O) groups excluding carboxylic acids is 1. The highest BCUT2D eigenvalue weighted by Gasteiger charge is 2.05. The molecule has 0 aliphatic carbocycles. The fraction of sp³-hybridized carbons (Fsp3) is 0. The topological polar surface area (TPSA) is 68.0 Å². The molecule has 0 aliphatic heterocycles. The number of benzene rings is 1. The van der Waals surface area contributed by atoms with Gasteiger partial charge < -0.3 is 11.1 Å². The second kappa shape index (κ2) is 4.84. The molecule has 2 aromatic rings. The van der Waals surface area contributed by atoms with Gasteiger partial charge in [0.2, 0.25) is 0 Å². The van der Waals surface area contributed by atoms with Crippen molar-refractivity contribution in [1.29, 1.82) is 0 Å². The first-order valence-corrected chi connectivity index (χ1v) is 5.31. The van der Waals surface area contributed by atoms with Gasteiger partial charge in [-0.25, -0.2) is 4.98 Å². The van der Waals surface area contributed by atoms with Gasteiger partial charge in [-0.2, -0.15) is 0 Å². The van der Waals surface area contributed by atoms with Crippen molar-refractivity contribution < 1.29 is 4.79 Å². The van der Waals surface area contributed by atoms with Crippen LogP contribution in [-0.4, -0.2) is 10.9 Å². The predicted octanol–water partition coefficient (Wildman–Crippen LogP) is 2.57. The lowest BCUT2D eigenvalue weighted by molar-refractivity contribution is 0.102. The number of anilines is 2. The highest BCUT2D eigenvalue weighted by Crippen LogP contribution is 2.13. The third-order valence-corrected chi connectivity index (χ3v) is 2.40. The Hall–Kier alpha value is -2.07. The lowest BCUT2D eigenvalue weighted by Crippen LogP contribution is -2.11. The largest absolute Gasteiger partial charge is 0.384 e. The third-order valence-electron chi connectivity index (χ3n) is 2.15. The Bertz CT molecular complexity index is 540. The monoisotopic (exact) mass is 247 g/mol. The van der Waals surface area contributed by atoms with Crippen LogP contribution in [-0.2, 0) is 0 Å². The summed E-state index contributed by atoms with van der Waals surface area (Å²) in [6.45, 7) is 0. The summed E-state index contributed by atoms with van der Waals surface area (Å²) in [6.07, 6.45) is 1.53. The third kappa shape index (κ3) is 2.95. The highest BCUT2D eigenvalue weighted by molar-refractivity contribution is 6.30. The van der Waals surface area contributed by atoms with Gasteiger partial charge >= 0.3 is 0 Å². The van der Waals surface area contributed by atoms with Crippen LogP contribution in [0.4, 0.5) is 11.5 Å². The van der Waals surface area contributed by atoms with E-state index in [9.17, 15) is 4.79 Å². The minimum atomic E-state index is -0.215. The zero-order valence-corrected chi connectivity index (χ0v) is 9.61.